The zero-order chi connectivity index (χ0) is 17.0. The van der Waals surface area contributed by atoms with Gasteiger partial charge >= 0.3 is 0 Å². The van der Waals surface area contributed by atoms with Gasteiger partial charge in [0.1, 0.15) is 5.75 Å². The average Bonchev–Trinajstić information content (AvgIpc) is 3.35. The highest BCUT2D eigenvalue weighted by molar-refractivity contribution is 7.91. The quantitative estimate of drug-likeness (QED) is 0.840. The molecule has 2 aromatic rings. The van der Waals surface area contributed by atoms with Crippen LogP contribution >= 0.6 is 0 Å². The van der Waals surface area contributed by atoms with Crippen LogP contribution in [0.5, 0.6) is 0 Å². The lowest BCUT2D eigenvalue weighted by Crippen LogP contribution is -2.36. The Labute approximate surface area is 142 Å². The molecule has 5 heteroatoms. The minimum Gasteiger partial charge on any atom is -0.354 e. The van der Waals surface area contributed by atoms with E-state index in [0.717, 1.165) is 12.8 Å². The van der Waals surface area contributed by atoms with Crippen molar-refractivity contribution in [2.24, 2.45) is 0 Å². The third kappa shape index (κ3) is 4.23. The molecule has 1 saturated carbocycles. The van der Waals surface area contributed by atoms with Crippen LogP contribution in [0.25, 0.3) is 0 Å². The molecule has 1 N–H and O–H groups in total. The van der Waals surface area contributed by atoms with Gasteiger partial charge in [0.05, 0.1) is 5.75 Å². The van der Waals surface area contributed by atoms with Gasteiger partial charge in [-0.1, -0.05) is 60.7 Å². The van der Waals surface area contributed by atoms with Crippen LogP contribution in [0.1, 0.15) is 24.0 Å². The Morgan fingerprint density at radius 2 is 1.54 bits per heavy atom. The zero-order valence-electron chi connectivity index (χ0n) is 13.4. The van der Waals surface area contributed by atoms with Crippen molar-refractivity contribution < 1.29 is 13.2 Å². The molecular formula is C19H21NO3S. The number of carbonyl (C=O) groups is 1. The first-order chi connectivity index (χ1) is 11.5. The zero-order valence-corrected chi connectivity index (χ0v) is 14.3. The number of benzene rings is 2. The van der Waals surface area contributed by atoms with Gasteiger partial charge in [-0.25, -0.2) is 8.42 Å². The van der Waals surface area contributed by atoms with Gasteiger partial charge in [0.2, 0.25) is 5.91 Å². The monoisotopic (exact) mass is 343 g/mol. The van der Waals surface area contributed by atoms with Crippen LogP contribution in [0.3, 0.4) is 0 Å². The van der Waals surface area contributed by atoms with E-state index in [1.54, 1.807) is 24.3 Å². The van der Waals surface area contributed by atoms with Gasteiger partial charge < -0.3 is 5.32 Å². The topological polar surface area (TPSA) is 63.2 Å². The summed E-state index contributed by atoms with van der Waals surface area (Å²) in [5.41, 5.74) is 1.89. The van der Waals surface area contributed by atoms with Crippen molar-refractivity contribution in [3.8, 4) is 0 Å². The van der Waals surface area contributed by atoms with Crippen molar-refractivity contribution in [1.29, 1.82) is 0 Å². The van der Waals surface area contributed by atoms with Crippen LogP contribution in [0.2, 0.25) is 0 Å². The maximum Gasteiger partial charge on any atom is 0.235 e. The third-order valence-corrected chi connectivity index (χ3v) is 5.92. The molecule has 1 fully saturated rings. The molecule has 0 unspecified atom stereocenters. The molecule has 0 radical (unpaired) electrons. The molecule has 1 aliphatic rings. The molecule has 24 heavy (non-hydrogen) atoms. The normalized spacial score (nSPS) is 15.7. The lowest BCUT2D eigenvalue weighted by atomic mass is 9.96. The van der Waals surface area contributed by atoms with E-state index in [9.17, 15) is 13.2 Å². The van der Waals surface area contributed by atoms with Crippen LogP contribution < -0.4 is 5.32 Å². The molecular weight excluding hydrogens is 322 g/mol. The predicted octanol–water partition coefficient (Wildman–Crippen LogP) is 2.45. The fraction of sp³-hybridized carbons (Fsp3) is 0.316. The van der Waals surface area contributed by atoms with Crippen molar-refractivity contribution in [3.05, 3.63) is 71.8 Å². The van der Waals surface area contributed by atoms with Gasteiger partial charge in [0.25, 0.3) is 0 Å². The molecule has 0 atom stereocenters. The van der Waals surface area contributed by atoms with Gasteiger partial charge in [-0.05, 0) is 24.0 Å². The molecule has 1 aliphatic carbocycles. The second-order valence-corrected chi connectivity index (χ2v) is 8.51. The van der Waals surface area contributed by atoms with Crippen molar-refractivity contribution >= 4 is 15.7 Å². The summed E-state index contributed by atoms with van der Waals surface area (Å²) in [7, 11) is -3.46. The Hall–Kier alpha value is -2.14. The van der Waals surface area contributed by atoms with Crippen molar-refractivity contribution in [2.75, 3.05) is 12.3 Å². The summed E-state index contributed by atoms with van der Waals surface area (Å²) in [4.78, 5) is 12.1. The van der Waals surface area contributed by atoms with Crippen LogP contribution in [-0.2, 0) is 25.8 Å². The molecule has 0 heterocycles. The van der Waals surface area contributed by atoms with E-state index in [1.807, 2.05) is 24.3 Å². The SMILES string of the molecule is O=C(CS(=O)(=O)Cc1ccccc1)NCC1(c2ccccc2)CC1. The highest BCUT2D eigenvalue weighted by atomic mass is 32.2. The summed E-state index contributed by atoms with van der Waals surface area (Å²) >= 11 is 0. The Kier molecular flexibility index (Phi) is 4.71. The minimum absolute atomic E-state index is 0.0138. The molecule has 0 saturated heterocycles. The summed E-state index contributed by atoms with van der Waals surface area (Å²) in [6.45, 7) is 0.497. The highest BCUT2D eigenvalue weighted by Crippen LogP contribution is 2.47. The first-order valence-corrected chi connectivity index (χ1v) is 9.88. The lowest BCUT2D eigenvalue weighted by Gasteiger charge is -2.16. The molecule has 4 nitrogen and oxygen atoms in total. The summed E-state index contributed by atoms with van der Waals surface area (Å²) < 4.78 is 24.3. The molecule has 2 aromatic carbocycles. The first kappa shape index (κ1) is 16.7. The maximum atomic E-state index is 12.2. The summed E-state index contributed by atoms with van der Waals surface area (Å²) in [5, 5.41) is 2.81. The Bertz CT molecular complexity index is 797. The highest BCUT2D eigenvalue weighted by Gasteiger charge is 2.44. The van der Waals surface area contributed by atoms with Gasteiger partial charge in [0.15, 0.2) is 9.84 Å². The summed E-state index contributed by atoms with van der Waals surface area (Å²) in [6, 6.07) is 19.0. The van der Waals surface area contributed by atoms with Crippen LogP contribution in [-0.4, -0.2) is 26.6 Å². The van der Waals surface area contributed by atoms with Crippen molar-refractivity contribution in [2.45, 2.75) is 24.0 Å². The molecule has 3 rings (SSSR count). The molecule has 126 valence electrons. The fourth-order valence-electron chi connectivity index (χ4n) is 2.91. The van der Waals surface area contributed by atoms with E-state index in [4.69, 9.17) is 0 Å². The number of hydrogen-bond acceptors (Lipinski definition) is 3. The van der Waals surface area contributed by atoms with E-state index in [-0.39, 0.29) is 11.2 Å². The smallest absolute Gasteiger partial charge is 0.235 e. The van der Waals surface area contributed by atoms with Gasteiger partial charge in [0, 0.05) is 12.0 Å². The first-order valence-electron chi connectivity index (χ1n) is 8.06. The van der Waals surface area contributed by atoms with E-state index in [0.29, 0.717) is 12.1 Å². The van der Waals surface area contributed by atoms with Crippen LogP contribution in [0.15, 0.2) is 60.7 Å². The maximum absolute atomic E-state index is 12.2. The molecule has 0 spiro atoms. The van der Waals surface area contributed by atoms with Gasteiger partial charge in [-0.2, -0.15) is 0 Å². The molecule has 0 aliphatic heterocycles. The number of hydrogen-bond donors (Lipinski definition) is 1. The largest absolute Gasteiger partial charge is 0.354 e. The lowest BCUT2D eigenvalue weighted by molar-refractivity contribution is -0.118. The average molecular weight is 343 g/mol. The minimum atomic E-state index is -3.46. The predicted molar refractivity (Wildman–Crippen MR) is 94.3 cm³/mol. The summed E-state index contributed by atoms with van der Waals surface area (Å²) in [5.74, 6) is -0.995. The van der Waals surface area contributed by atoms with E-state index < -0.39 is 21.5 Å². The van der Waals surface area contributed by atoms with Crippen LogP contribution in [0.4, 0.5) is 0 Å². The van der Waals surface area contributed by atoms with E-state index in [1.165, 1.54) is 5.56 Å². The number of nitrogens with one attached hydrogen (secondary N) is 1. The fourth-order valence-corrected chi connectivity index (χ4v) is 4.21. The number of sulfone groups is 1. The standard InChI is InChI=1S/C19H21NO3S/c21-18(14-24(22,23)13-16-7-3-1-4-8-16)20-15-19(11-12-19)17-9-5-2-6-10-17/h1-10H,11-15H2,(H,20,21). The molecule has 0 aromatic heterocycles. The van der Waals surface area contributed by atoms with E-state index >= 15 is 0 Å². The molecule has 0 bridgehead atoms. The van der Waals surface area contributed by atoms with E-state index in [2.05, 4.69) is 17.4 Å². The van der Waals surface area contributed by atoms with Crippen LogP contribution in [0, 0.1) is 0 Å². The number of carbonyl (C=O) groups excluding carboxylic acids is 1. The number of amides is 1. The summed E-state index contributed by atoms with van der Waals surface area (Å²) in [6.07, 6.45) is 2.04. The molecule has 1 amide bonds. The Morgan fingerprint density at radius 1 is 0.958 bits per heavy atom. The third-order valence-electron chi connectivity index (χ3n) is 4.44. The van der Waals surface area contributed by atoms with Crippen molar-refractivity contribution in [3.63, 3.8) is 0 Å². The van der Waals surface area contributed by atoms with Gasteiger partial charge in [-0.15, -0.1) is 0 Å². The Balaban J connectivity index is 1.54. The second kappa shape index (κ2) is 6.77. The van der Waals surface area contributed by atoms with Gasteiger partial charge in [-0.3, -0.25) is 4.79 Å². The second-order valence-electron chi connectivity index (χ2n) is 6.44. The number of rotatable bonds is 7. The Morgan fingerprint density at radius 3 is 2.12 bits per heavy atom. The van der Waals surface area contributed by atoms with Crippen molar-refractivity contribution in [1.82, 2.24) is 5.32 Å².